The Morgan fingerprint density at radius 1 is 1.40 bits per heavy atom. The summed E-state index contributed by atoms with van der Waals surface area (Å²) < 4.78 is 0. The van der Waals surface area contributed by atoms with Gasteiger partial charge in [0.15, 0.2) is 0 Å². The first-order valence-corrected chi connectivity index (χ1v) is 5.43. The molecular weight excluding hydrogens is 186 g/mol. The number of benzene rings is 1. The molecule has 1 unspecified atom stereocenters. The van der Waals surface area contributed by atoms with Crippen molar-refractivity contribution in [2.75, 3.05) is 0 Å². The molecule has 80 valence electrons. The van der Waals surface area contributed by atoms with Crippen LogP contribution in [-0.2, 0) is 0 Å². The van der Waals surface area contributed by atoms with Gasteiger partial charge in [0.05, 0.1) is 12.1 Å². The third-order valence-corrected chi connectivity index (χ3v) is 2.89. The van der Waals surface area contributed by atoms with Crippen LogP contribution >= 0.6 is 0 Å². The Labute approximate surface area is 90.6 Å². The Bertz CT molecular complexity index is 323. The van der Waals surface area contributed by atoms with E-state index in [2.05, 4.69) is 11.9 Å². The van der Waals surface area contributed by atoms with Crippen molar-refractivity contribution in [3.8, 4) is 0 Å². The molecular formula is C13H17NO. The minimum Gasteiger partial charge on any atom is -0.387 e. The van der Waals surface area contributed by atoms with E-state index in [9.17, 15) is 5.11 Å². The number of aliphatic hydroxyl groups is 1. The zero-order chi connectivity index (χ0) is 10.7. The van der Waals surface area contributed by atoms with Crippen LogP contribution in [-0.4, -0.2) is 17.2 Å². The van der Waals surface area contributed by atoms with Crippen LogP contribution in [0.5, 0.6) is 0 Å². The van der Waals surface area contributed by atoms with Crippen molar-refractivity contribution >= 4 is 0 Å². The molecule has 2 rings (SSSR count). The van der Waals surface area contributed by atoms with Crippen molar-refractivity contribution in [3.63, 3.8) is 0 Å². The molecule has 2 heteroatoms. The van der Waals surface area contributed by atoms with Crippen LogP contribution in [0.2, 0.25) is 0 Å². The molecule has 15 heavy (non-hydrogen) atoms. The van der Waals surface area contributed by atoms with Gasteiger partial charge in [-0.3, -0.25) is 0 Å². The summed E-state index contributed by atoms with van der Waals surface area (Å²) in [6, 6.07) is 10.5. The monoisotopic (exact) mass is 203 g/mol. The summed E-state index contributed by atoms with van der Waals surface area (Å²) in [7, 11) is 0. The van der Waals surface area contributed by atoms with E-state index in [0.29, 0.717) is 6.04 Å². The van der Waals surface area contributed by atoms with Gasteiger partial charge in [0.1, 0.15) is 0 Å². The first-order chi connectivity index (χ1) is 7.33. The lowest BCUT2D eigenvalue weighted by Crippen LogP contribution is -2.09. The standard InChI is InChI=1S/C13H17NO/c1-2-3-9-11-12(14-11)13(15)10-7-5-4-6-8-10/h2,4-8,11-15H,1,3,9H2/t11-,12+,13?/m0/s1. The Hall–Kier alpha value is -1.12. The van der Waals surface area contributed by atoms with Crippen molar-refractivity contribution in [1.29, 1.82) is 0 Å². The Kier molecular flexibility index (Phi) is 3.19. The van der Waals surface area contributed by atoms with Crippen molar-refractivity contribution < 1.29 is 5.11 Å². The molecule has 1 aliphatic heterocycles. The zero-order valence-electron chi connectivity index (χ0n) is 8.76. The first-order valence-electron chi connectivity index (χ1n) is 5.43. The second-order valence-electron chi connectivity index (χ2n) is 4.02. The van der Waals surface area contributed by atoms with Crippen LogP contribution in [0.25, 0.3) is 0 Å². The van der Waals surface area contributed by atoms with Crippen molar-refractivity contribution in [3.05, 3.63) is 48.6 Å². The molecule has 1 fully saturated rings. The molecule has 1 aliphatic rings. The predicted octanol–water partition coefficient (Wildman–Crippen LogP) is 2.03. The lowest BCUT2D eigenvalue weighted by Gasteiger charge is -2.08. The van der Waals surface area contributed by atoms with Gasteiger partial charge < -0.3 is 10.4 Å². The molecule has 0 spiro atoms. The van der Waals surface area contributed by atoms with E-state index in [0.717, 1.165) is 18.4 Å². The third-order valence-electron chi connectivity index (χ3n) is 2.89. The second kappa shape index (κ2) is 4.60. The van der Waals surface area contributed by atoms with Crippen LogP contribution in [0.4, 0.5) is 0 Å². The van der Waals surface area contributed by atoms with E-state index < -0.39 is 0 Å². The number of hydrogen-bond acceptors (Lipinski definition) is 2. The summed E-state index contributed by atoms with van der Waals surface area (Å²) in [6.07, 6.45) is 3.63. The van der Waals surface area contributed by atoms with Gasteiger partial charge >= 0.3 is 0 Å². The quantitative estimate of drug-likeness (QED) is 0.568. The van der Waals surface area contributed by atoms with E-state index in [1.807, 2.05) is 36.4 Å². The van der Waals surface area contributed by atoms with Gasteiger partial charge in [0.2, 0.25) is 0 Å². The van der Waals surface area contributed by atoms with Gasteiger partial charge in [0, 0.05) is 6.04 Å². The first kappa shape index (κ1) is 10.4. The Balaban J connectivity index is 1.89. The molecule has 0 amide bonds. The summed E-state index contributed by atoms with van der Waals surface area (Å²) in [6.45, 7) is 3.70. The van der Waals surface area contributed by atoms with Gasteiger partial charge in [-0.05, 0) is 18.4 Å². The Morgan fingerprint density at radius 2 is 2.13 bits per heavy atom. The van der Waals surface area contributed by atoms with Crippen LogP contribution in [0.1, 0.15) is 24.5 Å². The highest BCUT2D eigenvalue weighted by atomic mass is 16.3. The lowest BCUT2D eigenvalue weighted by molar-refractivity contribution is 0.173. The third kappa shape index (κ3) is 2.46. The summed E-state index contributed by atoms with van der Waals surface area (Å²) in [4.78, 5) is 0. The van der Waals surface area contributed by atoms with E-state index in [1.54, 1.807) is 0 Å². The highest BCUT2D eigenvalue weighted by Crippen LogP contribution is 2.29. The lowest BCUT2D eigenvalue weighted by atomic mass is 10.0. The largest absolute Gasteiger partial charge is 0.387 e. The minimum atomic E-state index is -0.374. The molecule has 0 aliphatic carbocycles. The minimum absolute atomic E-state index is 0.229. The summed E-state index contributed by atoms with van der Waals surface area (Å²) >= 11 is 0. The number of allylic oxidation sites excluding steroid dienone is 1. The Morgan fingerprint density at radius 3 is 2.80 bits per heavy atom. The maximum absolute atomic E-state index is 10.0. The highest BCUT2D eigenvalue weighted by molar-refractivity contribution is 5.22. The number of nitrogens with one attached hydrogen (secondary N) is 1. The molecule has 2 nitrogen and oxygen atoms in total. The average Bonchev–Trinajstić information content (AvgIpc) is 3.06. The fraction of sp³-hybridized carbons (Fsp3) is 0.385. The topological polar surface area (TPSA) is 42.2 Å². The maximum Gasteiger partial charge on any atom is 0.0958 e. The van der Waals surface area contributed by atoms with E-state index in [4.69, 9.17) is 0 Å². The summed E-state index contributed by atoms with van der Waals surface area (Å²) in [5, 5.41) is 13.3. The normalized spacial score (nSPS) is 25.9. The fourth-order valence-corrected chi connectivity index (χ4v) is 1.92. The van der Waals surface area contributed by atoms with Crippen LogP contribution in [0.3, 0.4) is 0 Å². The molecule has 1 saturated heterocycles. The predicted molar refractivity (Wildman–Crippen MR) is 61.5 cm³/mol. The van der Waals surface area contributed by atoms with Crippen LogP contribution < -0.4 is 5.32 Å². The summed E-state index contributed by atoms with van der Waals surface area (Å²) in [5.41, 5.74) is 0.996. The number of hydrogen-bond donors (Lipinski definition) is 2. The molecule has 1 aromatic carbocycles. The molecule has 0 aromatic heterocycles. The van der Waals surface area contributed by atoms with Crippen LogP contribution in [0.15, 0.2) is 43.0 Å². The highest BCUT2D eigenvalue weighted by Gasteiger charge is 2.41. The number of aliphatic hydroxyl groups excluding tert-OH is 1. The van der Waals surface area contributed by atoms with Crippen molar-refractivity contribution in [2.24, 2.45) is 0 Å². The smallest absolute Gasteiger partial charge is 0.0958 e. The molecule has 0 saturated carbocycles. The molecule has 1 heterocycles. The van der Waals surface area contributed by atoms with Gasteiger partial charge in [-0.2, -0.15) is 0 Å². The van der Waals surface area contributed by atoms with E-state index in [1.165, 1.54) is 0 Å². The van der Waals surface area contributed by atoms with Gasteiger partial charge in [-0.1, -0.05) is 36.4 Å². The maximum atomic E-state index is 10.0. The van der Waals surface area contributed by atoms with Gasteiger partial charge in [-0.15, -0.1) is 6.58 Å². The zero-order valence-corrected chi connectivity index (χ0v) is 8.76. The molecule has 0 radical (unpaired) electrons. The second-order valence-corrected chi connectivity index (χ2v) is 4.02. The molecule has 1 aromatic rings. The average molecular weight is 203 g/mol. The SMILES string of the molecule is C=CCC[C@@H]1N[C@H]1C(O)c1ccccc1. The molecule has 3 atom stereocenters. The molecule has 2 N–H and O–H groups in total. The van der Waals surface area contributed by atoms with E-state index in [-0.39, 0.29) is 12.1 Å². The number of rotatable bonds is 5. The fourth-order valence-electron chi connectivity index (χ4n) is 1.92. The van der Waals surface area contributed by atoms with Crippen LogP contribution in [0, 0.1) is 0 Å². The summed E-state index contributed by atoms with van der Waals surface area (Å²) in [5.74, 6) is 0. The van der Waals surface area contributed by atoms with E-state index >= 15 is 0 Å². The van der Waals surface area contributed by atoms with Gasteiger partial charge in [-0.25, -0.2) is 0 Å². The van der Waals surface area contributed by atoms with Crippen molar-refractivity contribution in [2.45, 2.75) is 31.0 Å². The molecule has 0 bridgehead atoms. The van der Waals surface area contributed by atoms with Crippen molar-refractivity contribution in [1.82, 2.24) is 5.32 Å². The van der Waals surface area contributed by atoms with Gasteiger partial charge in [0.25, 0.3) is 0 Å².